The highest BCUT2D eigenvalue weighted by atomic mass is 16.2. The van der Waals surface area contributed by atoms with Gasteiger partial charge in [-0.2, -0.15) is 0 Å². The summed E-state index contributed by atoms with van der Waals surface area (Å²) in [6.07, 6.45) is 8.95. The molecule has 2 aliphatic heterocycles. The molecule has 0 aromatic rings. The molecule has 0 aromatic heterocycles. The van der Waals surface area contributed by atoms with Gasteiger partial charge in [-0.05, 0) is 76.7 Å². The number of ketones is 2. The van der Waals surface area contributed by atoms with Gasteiger partial charge >= 0.3 is 0 Å². The molecular weight excluding hydrogens is 312 g/mol. The molecule has 0 bridgehead atoms. The van der Waals surface area contributed by atoms with Crippen molar-refractivity contribution in [2.75, 3.05) is 39.3 Å². The molecule has 0 atom stereocenters. The minimum absolute atomic E-state index is 0.0485. The van der Waals surface area contributed by atoms with E-state index in [1.807, 2.05) is 13.8 Å². The molecule has 0 radical (unpaired) electrons. The van der Waals surface area contributed by atoms with Gasteiger partial charge in [0, 0.05) is 19.4 Å². The number of carbonyl (C=O) groups is 2. The van der Waals surface area contributed by atoms with Gasteiger partial charge in [0.1, 0.15) is 11.6 Å². The maximum absolute atomic E-state index is 12.8. The zero-order valence-electron chi connectivity index (χ0n) is 16.3. The summed E-state index contributed by atoms with van der Waals surface area (Å²) < 4.78 is 0. The lowest BCUT2D eigenvalue weighted by Crippen LogP contribution is -2.49. The number of carbonyl (C=O) groups excluding carboxylic acids is 2. The van der Waals surface area contributed by atoms with Crippen molar-refractivity contribution in [1.29, 1.82) is 0 Å². The van der Waals surface area contributed by atoms with E-state index in [4.69, 9.17) is 0 Å². The second kappa shape index (κ2) is 7.87. The highest BCUT2D eigenvalue weighted by Crippen LogP contribution is 2.48. The molecule has 1 aliphatic carbocycles. The van der Waals surface area contributed by atoms with E-state index in [1.54, 1.807) is 0 Å². The summed E-state index contributed by atoms with van der Waals surface area (Å²) in [5, 5.41) is 0. The third kappa shape index (κ3) is 3.85. The van der Waals surface area contributed by atoms with E-state index < -0.39 is 5.41 Å². The van der Waals surface area contributed by atoms with Crippen LogP contribution in [-0.4, -0.2) is 60.6 Å². The maximum Gasteiger partial charge on any atom is 0.146 e. The summed E-state index contributed by atoms with van der Waals surface area (Å²) in [7, 11) is 0. The zero-order chi connectivity index (χ0) is 17.9. The lowest BCUT2D eigenvalue weighted by Gasteiger charge is -2.41. The van der Waals surface area contributed by atoms with Crippen LogP contribution in [0.2, 0.25) is 0 Å². The first-order chi connectivity index (χ1) is 12.0. The third-order valence-electron chi connectivity index (χ3n) is 7.26. The monoisotopic (exact) mass is 348 g/mol. The van der Waals surface area contributed by atoms with Crippen LogP contribution >= 0.6 is 0 Å². The Kier molecular flexibility index (Phi) is 5.99. The van der Waals surface area contributed by atoms with Crippen LogP contribution in [0, 0.1) is 10.8 Å². The van der Waals surface area contributed by atoms with Crippen molar-refractivity contribution in [3.63, 3.8) is 0 Å². The van der Waals surface area contributed by atoms with Gasteiger partial charge < -0.3 is 9.80 Å². The normalized spacial score (nSPS) is 27.3. The molecule has 0 amide bonds. The average Bonchev–Trinajstić information content (AvgIpc) is 2.99. The van der Waals surface area contributed by atoms with Crippen LogP contribution in [0.4, 0.5) is 0 Å². The Morgan fingerprint density at radius 3 is 2.04 bits per heavy atom. The van der Waals surface area contributed by atoms with Gasteiger partial charge in [-0.15, -0.1) is 0 Å². The Hall–Kier alpha value is -0.740. The fourth-order valence-electron chi connectivity index (χ4n) is 5.48. The molecule has 0 unspecified atom stereocenters. The molecule has 3 aliphatic rings. The third-order valence-corrected chi connectivity index (χ3v) is 7.26. The van der Waals surface area contributed by atoms with E-state index in [2.05, 4.69) is 9.80 Å². The summed E-state index contributed by atoms with van der Waals surface area (Å²) in [6, 6.07) is 0. The van der Waals surface area contributed by atoms with Crippen molar-refractivity contribution in [2.45, 2.75) is 71.6 Å². The van der Waals surface area contributed by atoms with E-state index in [1.165, 1.54) is 45.3 Å². The van der Waals surface area contributed by atoms with Gasteiger partial charge in [0.25, 0.3) is 0 Å². The molecule has 0 aromatic carbocycles. The molecule has 4 heteroatoms. The average molecular weight is 349 g/mol. The Morgan fingerprint density at radius 1 is 0.840 bits per heavy atom. The van der Waals surface area contributed by atoms with Gasteiger partial charge in [-0.1, -0.05) is 20.3 Å². The molecule has 3 fully saturated rings. The van der Waals surface area contributed by atoms with E-state index >= 15 is 0 Å². The largest absolute Gasteiger partial charge is 0.303 e. The number of hydrogen-bond donors (Lipinski definition) is 0. The van der Waals surface area contributed by atoms with Crippen molar-refractivity contribution in [3.05, 3.63) is 0 Å². The number of nitrogens with zero attached hydrogens (tertiary/aromatic N) is 2. The standard InChI is InChI=1S/C21H36N2O2/c1-3-21(4-2)18(24)15-20(16-19(21)25)9-14-23(17-20)13-8-12-22-10-6-5-7-11-22/h3-17H2,1-2H3. The Bertz CT molecular complexity index is 472. The van der Waals surface area contributed by atoms with Crippen LogP contribution in [0.25, 0.3) is 0 Å². The summed E-state index contributed by atoms with van der Waals surface area (Å²) >= 11 is 0. The number of hydrogen-bond acceptors (Lipinski definition) is 4. The van der Waals surface area contributed by atoms with Crippen LogP contribution in [0.3, 0.4) is 0 Å². The second-order valence-electron chi connectivity index (χ2n) is 8.77. The first-order valence-corrected chi connectivity index (χ1v) is 10.5. The lowest BCUT2D eigenvalue weighted by atomic mass is 9.60. The van der Waals surface area contributed by atoms with Crippen LogP contribution < -0.4 is 0 Å². The van der Waals surface area contributed by atoms with Crippen molar-refractivity contribution < 1.29 is 9.59 Å². The summed E-state index contributed by atoms with van der Waals surface area (Å²) in [5.41, 5.74) is -0.708. The predicted octanol–water partition coefficient (Wildman–Crippen LogP) is 3.29. The van der Waals surface area contributed by atoms with Crippen molar-refractivity contribution in [1.82, 2.24) is 9.80 Å². The molecular formula is C21H36N2O2. The highest BCUT2D eigenvalue weighted by molar-refractivity contribution is 6.09. The van der Waals surface area contributed by atoms with Crippen LogP contribution in [-0.2, 0) is 9.59 Å². The molecule has 2 saturated heterocycles. The first-order valence-electron chi connectivity index (χ1n) is 10.5. The van der Waals surface area contributed by atoms with Gasteiger partial charge in [-0.25, -0.2) is 0 Å². The molecule has 1 spiro atoms. The first kappa shape index (κ1) is 19.0. The summed E-state index contributed by atoms with van der Waals surface area (Å²) in [5.74, 6) is 0.452. The fourth-order valence-corrected chi connectivity index (χ4v) is 5.48. The van der Waals surface area contributed by atoms with Gasteiger partial charge in [0.15, 0.2) is 0 Å². The van der Waals surface area contributed by atoms with E-state index in [0.717, 1.165) is 26.1 Å². The van der Waals surface area contributed by atoms with Gasteiger partial charge in [0.2, 0.25) is 0 Å². The summed E-state index contributed by atoms with van der Waals surface area (Å²) in [4.78, 5) is 30.8. The molecule has 3 rings (SSSR count). The quantitative estimate of drug-likeness (QED) is 0.691. The van der Waals surface area contributed by atoms with E-state index in [-0.39, 0.29) is 17.0 Å². The topological polar surface area (TPSA) is 40.6 Å². The molecule has 142 valence electrons. The minimum atomic E-state index is -0.660. The van der Waals surface area contributed by atoms with Crippen molar-refractivity contribution in [3.8, 4) is 0 Å². The Labute approximate surface area is 153 Å². The summed E-state index contributed by atoms with van der Waals surface area (Å²) in [6.45, 7) is 10.9. The second-order valence-corrected chi connectivity index (χ2v) is 8.77. The molecule has 1 saturated carbocycles. The fraction of sp³-hybridized carbons (Fsp3) is 0.905. The molecule has 0 N–H and O–H groups in total. The SMILES string of the molecule is CCC1(CC)C(=O)CC2(CCN(CCCN3CCCCC3)C2)CC1=O. The number of rotatable bonds is 6. The minimum Gasteiger partial charge on any atom is -0.303 e. The van der Waals surface area contributed by atoms with Crippen molar-refractivity contribution >= 4 is 11.6 Å². The number of likely N-dealkylation sites (tertiary alicyclic amines) is 2. The smallest absolute Gasteiger partial charge is 0.146 e. The van der Waals surface area contributed by atoms with E-state index in [9.17, 15) is 9.59 Å². The van der Waals surface area contributed by atoms with E-state index in [0.29, 0.717) is 25.7 Å². The van der Waals surface area contributed by atoms with Gasteiger partial charge in [0.05, 0.1) is 5.41 Å². The Balaban J connectivity index is 1.50. The molecule has 2 heterocycles. The Morgan fingerprint density at radius 2 is 1.44 bits per heavy atom. The van der Waals surface area contributed by atoms with Crippen molar-refractivity contribution in [2.24, 2.45) is 10.8 Å². The number of Topliss-reactive ketones (excluding diaryl/α,β-unsaturated/α-hetero) is 2. The van der Waals surface area contributed by atoms with Crippen LogP contribution in [0.15, 0.2) is 0 Å². The maximum atomic E-state index is 12.8. The van der Waals surface area contributed by atoms with Gasteiger partial charge in [-0.3, -0.25) is 9.59 Å². The highest BCUT2D eigenvalue weighted by Gasteiger charge is 2.54. The molecule has 25 heavy (non-hydrogen) atoms. The predicted molar refractivity (Wildman–Crippen MR) is 101 cm³/mol. The zero-order valence-corrected chi connectivity index (χ0v) is 16.3. The lowest BCUT2D eigenvalue weighted by molar-refractivity contribution is -0.149. The van der Waals surface area contributed by atoms with Crippen LogP contribution in [0.1, 0.15) is 71.6 Å². The van der Waals surface area contributed by atoms with Crippen LogP contribution in [0.5, 0.6) is 0 Å². The number of piperidine rings is 1. The molecule has 4 nitrogen and oxygen atoms in total.